The third-order valence-electron chi connectivity index (χ3n) is 0.172. The van der Waals surface area contributed by atoms with Gasteiger partial charge in [0.1, 0.15) is 0 Å². The van der Waals surface area contributed by atoms with Gasteiger partial charge in [0.05, 0.1) is 17.1 Å². The summed E-state index contributed by atoms with van der Waals surface area (Å²) < 4.78 is 17.2. The Morgan fingerprint density at radius 3 is 2.33 bits per heavy atom. The Balaban J connectivity index is 3.05. The van der Waals surface area contributed by atoms with Gasteiger partial charge in [0.2, 0.25) is 0 Å². The second-order valence-corrected chi connectivity index (χ2v) is 1.37. The number of carbonyl (C=O) groups is 1. The minimum Gasteiger partial charge on any atom is -0.315 e. The van der Waals surface area contributed by atoms with Crippen LogP contribution in [-0.4, -0.2) is 21.5 Å². The molecule has 3 nitrogen and oxygen atoms in total. The molecule has 0 spiro atoms. The lowest BCUT2D eigenvalue weighted by Gasteiger charge is -1.70. The maximum absolute atomic E-state index is 9.42. The minimum absolute atomic E-state index is 0.274. The van der Waals surface area contributed by atoms with E-state index >= 15 is 0 Å². The van der Waals surface area contributed by atoms with Crippen LogP contribution in [0.1, 0.15) is 0 Å². The van der Waals surface area contributed by atoms with Crippen molar-refractivity contribution in [2.45, 2.75) is 0 Å². The van der Waals surface area contributed by atoms with Crippen molar-refractivity contribution >= 4 is 23.7 Å². The second kappa shape index (κ2) is 3.05. The summed E-state index contributed by atoms with van der Waals surface area (Å²) >= 11 is 0. The Hall–Kier alpha value is -0.155. The zero-order valence-electron chi connectivity index (χ0n) is 2.83. The molecule has 6 heavy (non-hydrogen) atoms. The molecule has 0 amide bonds. The van der Waals surface area contributed by atoms with Crippen molar-refractivity contribution in [1.29, 1.82) is 0 Å². The molecular formula is CH2BO3S. The molecular weight excluding hydrogens is 103 g/mol. The summed E-state index contributed by atoms with van der Waals surface area (Å²) in [6.07, 6.45) is 0.274. The molecule has 0 aliphatic rings. The van der Waals surface area contributed by atoms with Gasteiger partial charge in [0.15, 0.2) is 0 Å². The lowest BCUT2D eigenvalue weighted by atomic mass is 10.2. The van der Waals surface area contributed by atoms with Gasteiger partial charge in [-0.25, -0.2) is 4.21 Å². The summed E-state index contributed by atoms with van der Waals surface area (Å²) in [5.41, 5.74) is 0. The first-order chi connectivity index (χ1) is 2.77. The van der Waals surface area contributed by atoms with Gasteiger partial charge >= 0.3 is 6.56 Å². The van der Waals surface area contributed by atoms with Gasteiger partial charge in [0.25, 0.3) is 0 Å². The zero-order valence-corrected chi connectivity index (χ0v) is 3.64. The van der Waals surface area contributed by atoms with E-state index in [0.717, 1.165) is 0 Å². The van der Waals surface area contributed by atoms with Crippen LogP contribution in [0.4, 0.5) is 0 Å². The first-order valence-corrected chi connectivity index (χ1v) is 2.32. The van der Waals surface area contributed by atoms with Crippen molar-refractivity contribution in [1.82, 2.24) is 0 Å². The summed E-state index contributed by atoms with van der Waals surface area (Å²) in [4.78, 5) is 9.21. The third kappa shape index (κ3) is 3.84. The maximum atomic E-state index is 9.42. The van der Waals surface area contributed by atoms with E-state index in [0.29, 0.717) is 6.56 Å². The van der Waals surface area contributed by atoms with Crippen molar-refractivity contribution < 1.29 is 13.6 Å². The predicted octanol–water partition coefficient (Wildman–Crippen LogP) is -0.982. The molecule has 0 rings (SSSR count). The number of carbonyl (C=O) groups excluding carboxylic acids is 1. The molecule has 0 aromatic heterocycles. The standard InChI is InChI=1S/CH2BO3S/c3-1-2-6(4)5/h1H,(H,4,5). The Morgan fingerprint density at radius 2 is 2.33 bits per heavy atom. The molecule has 0 aliphatic carbocycles. The highest BCUT2D eigenvalue weighted by molar-refractivity contribution is 8.08. The molecule has 0 saturated heterocycles. The molecule has 1 N–H and O–H groups in total. The molecule has 0 aromatic carbocycles. The van der Waals surface area contributed by atoms with Gasteiger partial charge in [-0.1, -0.05) is 0 Å². The number of hydrogen-bond acceptors (Lipinski definition) is 2. The maximum Gasteiger partial charge on any atom is 0.357 e. The van der Waals surface area contributed by atoms with Crippen LogP contribution in [0.2, 0.25) is 0 Å². The number of rotatable bonds is 2. The Bertz CT molecular complexity index is 71.2. The van der Waals surface area contributed by atoms with Crippen LogP contribution in [0, 0.1) is 0 Å². The zero-order chi connectivity index (χ0) is 4.99. The Morgan fingerprint density at radius 1 is 1.83 bits per heavy atom. The summed E-state index contributed by atoms with van der Waals surface area (Å²) in [6.45, 7) is 0.639. The van der Waals surface area contributed by atoms with Crippen molar-refractivity contribution in [3.8, 4) is 0 Å². The van der Waals surface area contributed by atoms with Crippen LogP contribution in [0.3, 0.4) is 0 Å². The first-order valence-electron chi connectivity index (χ1n) is 1.15. The third-order valence-corrected chi connectivity index (χ3v) is 0.516. The molecule has 1 unspecified atom stereocenters. The SMILES string of the molecule is O=C[B]S(=O)O. The van der Waals surface area contributed by atoms with Gasteiger partial charge < -0.3 is 9.35 Å². The average Bonchev–Trinajstić information content (AvgIpc) is 1.35. The first kappa shape index (κ1) is 5.84. The van der Waals surface area contributed by atoms with E-state index in [1.165, 1.54) is 0 Å². The van der Waals surface area contributed by atoms with Gasteiger partial charge in [-0.05, 0) is 0 Å². The van der Waals surface area contributed by atoms with Crippen LogP contribution in [-0.2, 0) is 15.7 Å². The van der Waals surface area contributed by atoms with Crippen LogP contribution in [0.15, 0.2) is 0 Å². The van der Waals surface area contributed by atoms with Crippen molar-refractivity contribution in [2.75, 3.05) is 0 Å². The van der Waals surface area contributed by atoms with E-state index in [1.54, 1.807) is 0 Å². The minimum atomic E-state index is -2.06. The predicted molar refractivity (Wildman–Crippen MR) is 23.3 cm³/mol. The molecule has 0 aromatic rings. The topological polar surface area (TPSA) is 54.4 Å². The van der Waals surface area contributed by atoms with Crippen molar-refractivity contribution in [2.24, 2.45) is 0 Å². The molecule has 0 heterocycles. The largest absolute Gasteiger partial charge is 0.357 e. The van der Waals surface area contributed by atoms with E-state index in [-0.39, 0.29) is 6.19 Å². The van der Waals surface area contributed by atoms with Gasteiger partial charge in [-0.3, -0.25) is 0 Å². The Labute approximate surface area is 38.2 Å². The second-order valence-electron chi connectivity index (χ2n) is 0.548. The molecule has 0 aliphatic heterocycles. The normalized spacial score (nSPS) is 12.8. The van der Waals surface area contributed by atoms with E-state index in [2.05, 4.69) is 0 Å². The lowest BCUT2D eigenvalue weighted by Crippen LogP contribution is -1.99. The van der Waals surface area contributed by atoms with Gasteiger partial charge in [-0.2, -0.15) is 0 Å². The van der Waals surface area contributed by atoms with Gasteiger partial charge in [-0.15, -0.1) is 0 Å². The van der Waals surface area contributed by atoms with Crippen LogP contribution in [0.25, 0.3) is 0 Å². The summed E-state index contributed by atoms with van der Waals surface area (Å²) in [5.74, 6) is 0. The van der Waals surface area contributed by atoms with Crippen molar-refractivity contribution in [3.05, 3.63) is 0 Å². The van der Waals surface area contributed by atoms with Crippen LogP contribution >= 0.6 is 0 Å². The molecule has 1 atom stereocenters. The fourth-order valence-electron chi connectivity index (χ4n) is 0.0475. The highest BCUT2D eigenvalue weighted by Crippen LogP contribution is 1.57. The highest BCUT2D eigenvalue weighted by Gasteiger charge is 1.90. The van der Waals surface area contributed by atoms with Crippen LogP contribution in [0.5, 0.6) is 0 Å². The molecule has 0 bridgehead atoms. The smallest absolute Gasteiger partial charge is 0.315 e. The van der Waals surface area contributed by atoms with E-state index in [4.69, 9.17) is 4.55 Å². The summed E-state index contributed by atoms with van der Waals surface area (Å²) in [7, 11) is -2.06. The summed E-state index contributed by atoms with van der Waals surface area (Å²) in [5, 5.41) is 0. The molecule has 33 valence electrons. The molecule has 5 heteroatoms. The van der Waals surface area contributed by atoms with Gasteiger partial charge in [0, 0.05) is 0 Å². The van der Waals surface area contributed by atoms with E-state index in [9.17, 15) is 9.00 Å². The highest BCUT2D eigenvalue weighted by atomic mass is 32.2. The molecule has 0 saturated carbocycles. The fraction of sp³-hybridized carbons (Fsp3) is 0. The quantitative estimate of drug-likeness (QED) is 0.279. The van der Waals surface area contributed by atoms with Crippen LogP contribution < -0.4 is 0 Å². The summed E-state index contributed by atoms with van der Waals surface area (Å²) in [6, 6.07) is 0. The average molecular weight is 105 g/mol. The van der Waals surface area contributed by atoms with Crippen molar-refractivity contribution in [3.63, 3.8) is 0 Å². The Kier molecular flexibility index (Phi) is 2.97. The molecule has 1 radical (unpaired) electrons. The lowest BCUT2D eigenvalue weighted by molar-refractivity contribution is 0.567. The number of hydrogen-bond donors (Lipinski definition) is 1. The van der Waals surface area contributed by atoms with E-state index < -0.39 is 10.9 Å². The fourth-order valence-corrected chi connectivity index (χ4v) is 0.143. The van der Waals surface area contributed by atoms with E-state index in [1.807, 2.05) is 0 Å². The monoisotopic (exact) mass is 105 g/mol. The molecule has 0 fully saturated rings.